The first-order chi connectivity index (χ1) is 15.0. The van der Waals surface area contributed by atoms with Gasteiger partial charge in [-0.3, -0.25) is 4.79 Å². The van der Waals surface area contributed by atoms with Crippen molar-refractivity contribution in [3.8, 4) is 0 Å². The van der Waals surface area contributed by atoms with Crippen molar-refractivity contribution in [1.82, 2.24) is 4.72 Å². The van der Waals surface area contributed by atoms with Crippen molar-refractivity contribution in [2.24, 2.45) is 0 Å². The summed E-state index contributed by atoms with van der Waals surface area (Å²) in [5, 5.41) is 0. The molecule has 0 fully saturated rings. The van der Waals surface area contributed by atoms with Gasteiger partial charge in [-0.05, 0) is 47.7 Å². The van der Waals surface area contributed by atoms with E-state index < -0.39 is 10.0 Å². The molecule has 0 spiro atoms. The maximum atomic E-state index is 12.9. The van der Waals surface area contributed by atoms with Gasteiger partial charge >= 0.3 is 0 Å². The summed E-state index contributed by atoms with van der Waals surface area (Å²) in [7, 11) is -3.63. The van der Waals surface area contributed by atoms with Crippen LogP contribution >= 0.6 is 0 Å². The Labute approximate surface area is 183 Å². The van der Waals surface area contributed by atoms with Crippen molar-refractivity contribution in [1.29, 1.82) is 0 Å². The third-order valence-corrected chi connectivity index (χ3v) is 7.22. The van der Waals surface area contributed by atoms with Gasteiger partial charge in [0.1, 0.15) is 0 Å². The van der Waals surface area contributed by atoms with Gasteiger partial charge in [0.25, 0.3) is 0 Å². The van der Waals surface area contributed by atoms with E-state index in [1.54, 1.807) is 23.1 Å². The number of carbonyl (C=O) groups excluding carboxylic acids is 1. The molecule has 0 aliphatic carbocycles. The van der Waals surface area contributed by atoms with Gasteiger partial charge in [0, 0.05) is 31.6 Å². The van der Waals surface area contributed by atoms with Gasteiger partial charge in [-0.2, -0.15) is 0 Å². The number of anilines is 1. The summed E-state index contributed by atoms with van der Waals surface area (Å²) in [5.41, 5.74) is 4.02. The van der Waals surface area contributed by atoms with Crippen LogP contribution in [0.4, 0.5) is 5.69 Å². The van der Waals surface area contributed by atoms with Crippen molar-refractivity contribution in [2.45, 2.75) is 30.6 Å². The predicted molar refractivity (Wildman–Crippen MR) is 123 cm³/mol. The summed E-state index contributed by atoms with van der Waals surface area (Å²) in [4.78, 5) is 13.7. The summed E-state index contributed by atoms with van der Waals surface area (Å²) < 4.78 is 28.6. The topological polar surface area (TPSA) is 66.5 Å². The van der Waals surface area contributed by atoms with Crippen LogP contribution in [0.5, 0.6) is 0 Å². The lowest BCUT2D eigenvalue weighted by Crippen LogP contribution is -2.27. The van der Waals surface area contributed by atoms with Crippen molar-refractivity contribution in [2.75, 3.05) is 18.0 Å². The maximum Gasteiger partial charge on any atom is 0.240 e. The van der Waals surface area contributed by atoms with Crippen molar-refractivity contribution in [3.05, 3.63) is 95.6 Å². The second kappa shape index (κ2) is 9.04. The molecule has 0 saturated carbocycles. The smallest absolute Gasteiger partial charge is 0.240 e. The Balaban J connectivity index is 1.48. The average Bonchev–Trinajstić information content (AvgIpc) is 3.22. The predicted octanol–water partition coefficient (Wildman–Crippen LogP) is 4.10. The van der Waals surface area contributed by atoms with Crippen LogP contribution in [0.3, 0.4) is 0 Å². The molecular weight excluding hydrogens is 408 g/mol. The van der Waals surface area contributed by atoms with E-state index in [9.17, 15) is 13.2 Å². The summed E-state index contributed by atoms with van der Waals surface area (Å²) in [6.45, 7) is 2.45. The number of nitrogens with zero attached hydrogens (tertiary/aromatic N) is 1. The molecule has 1 N–H and O–H groups in total. The standard InChI is InChI=1S/C25H26N2O3S/c1-19(28)27-17-15-22-18-23(12-13-25(22)27)31(29,30)26-16-14-24(20-8-4-2-5-9-20)21-10-6-3-7-11-21/h2-13,18,24,26H,14-17H2,1H3. The van der Waals surface area contributed by atoms with Gasteiger partial charge in [-0.25, -0.2) is 13.1 Å². The molecule has 0 radical (unpaired) electrons. The first-order valence-electron chi connectivity index (χ1n) is 10.5. The van der Waals surface area contributed by atoms with E-state index in [2.05, 4.69) is 29.0 Å². The van der Waals surface area contributed by atoms with Gasteiger partial charge in [0.2, 0.25) is 15.9 Å². The fourth-order valence-electron chi connectivity index (χ4n) is 4.19. The van der Waals surface area contributed by atoms with Crippen LogP contribution in [0.2, 0.25) is 0 Å². The molecule has 1 amide bonds. The first-order valence-corrected chi connectivity index (χ1v) is 11.9. The fraction of sp³-hybridized carbons (Fsp3) is 0.240. The molecule has 0 atom stereocenters. The van der Waals surface area contributed by atoms with Crippen LogP contribution in [0, 0.1) is 0 Å². The van der Waals surface area contributed by atoms with E-state index in [1.807, 2.05) is 36.4 Å². The lowest BCUT2D eigenvalue weighted by Gasteiger charge is -2.19. The van der Waals surface area contributed by atoms with Crippen molar-refractivity contribution >= 4 is 21.6 Å². The largest absolute Gasteiger partial charge is 0.312 e. The van der Waals surface area contributed by atoms with E-state index in [-0.39, 0.29) is 16.7 Å². The maximum absolute atomic E-state index is 12.9. The summed E-state index contributed by atoms with van der Waals surface area (Å²) in [5.74, 6) is 0.0783. The van der Waals surface area contributed by atoms with E-state index in [4.69, 9.17) is 0 Å². The highest BCUT2D eigenvalue weighted by molar-refractivity contribution is 7.89. The highest BCUT2D eigenvalue weighted by Crippen LogP contribution is 2.31. The van der Waals surface area contributed by atoms with Crippen molar-refractivity contribution < 1.29 is 13.2 Å². The monoisotopic (exact) mass is 434 g/mol. The first kappa shape index (κ1) is 21.3. The number of fused-ring (bicyclic) bond motifs is 1. The zero-order chi connectivity index (χ0) is 21.8. The van der Waals surface area contributed by atoms with Crippen LogP contribution in [0.25, 0.3) is 0 Å². The number of carbonyl (C=O) groups is 1. The molecule has 4 rings (SSSR count). The van der Waals surface area contributed by atoms with E-state index in [0.29, 0.717) is 25.9 Å². The Kier molecular flexibility index (Phi) is 6.20. The van der Waals surface area contributed by atoms with Gasteiger partial charge in [0.05, 0.1) is 4.90 Å². The molecule has 5 nitrogen and oxygen atoms in total. The number of nitrogens with one attached hydrogen (secondary N) is 1. The molecule has 160 valence electrons. The molecule has 1 heterocycles. The second-order valence-corrected chi connectivity index (χ2v) is 9.54. The van der Waals surface area contributed by atoms with Gasteiger partial charge < -0.3 is 4.90 Å². The Morgan fingerprint density at radius 2 is 1.58 bits per heavy atom. The molecule has 6 heteroatoms. The molecule has 0 aromatic heterocycles. The number of benzene rings is 3. The Morgan fingerprint density at radius 1 is 0.968 bits per heavy atom. The number of amides is 1. The fourth-order valence-corrected chi connectivity index (χ4v) is 5.29. The quantitative estimate of drug-likeness (QED) is 0.609. The van der Waals surface area contributed by atoms with E-state index >= 15 is 0 Å². The minimum atomic E-state index is -3.63. The molecule has 0 bridgehead atoms. The van der Waals surface area contributed by atoms with E-state index in [1.165, 1.54) is 6.92 Å². The third-order valence-electron chi connectivity index (χ3n) is 5.77. The number of sulfonamides is 1. The zero-order valence-corrected chi connectivity index (χ0v) is 18.3. The molecule has 1 aliphatic rings. The molecule has 3 aromatic rings. The highest BCUT2D eigenvalue weighted by Gasteiger charge is 2.25. The molecule has 0 saturated heterocycles. The minimum Gasteiger partial charge on any atom is -0.312 e. The SMILES string of the molecule is CC(=O)N1CCc2cc(S(=O)(=O)NCCC(c3ccccc3)c3ccccc3)ccc21. The normalized spacial score (nSPS) is 13.4. The Hall–Kier alpha value is -2.96. The summed E-state index contributed by atoms with van der Waals surface area (Å²) >= 11 is 0. The Morgan fingerprint density at radius 3 is 2.16 bits per heavy atom. The second-order valence-electron chi connectivity index (χ2n) is 7.77. The van der Waals surface area contributed by atoms with Gasteiger partial charge in [0.15, 0.2) is 0 Å². The minimum absolute atomic E-state index is 0.0275. The summed E-state index contributed by atoms with van der Waals surface area (Å²) in [6, 6.07) is 25.3. The van der Waals surface area contributed by atoms with Gasteiger partial charge in [-0.15, -0.1) is 0 Å². The molecule has 3 aromatic carbocycles. The zero-order valence-electron chi connectivity index (χ0n) is 17.5. The van der Waals surface area contributed by atoms with Crippen LogP contribution in [-0.4, -0.2) is 27.4 Å². The Bertz CT molecular complexity index is 1120. The van der Waals surface area contributed by atoms with Crippen LogP contribution in [-0.2, 0) is 21.2 Å². The highest BCUT2D eigenvalue weighted by atomic mass is 32.2. The lowest BCUT2D eigenvalue weighted by atomic mass is 9.89. The van der Waals surface area contributed by atoms with Crippen LogP contribution < -0.4 is 9.62 Å². The number of rotatable bonds is 7. The van der Waals surface area contributed by atoms with Crippen LogP contribution in [0.15, 0.2) is 83.8 Å². The van der Waals surface area contributed by atoms with Gasteiger partial charge in [-0.1, -0.05) is 60.7 Å². The lowest BCUT2D eigenvalue weighted by molar-refractivity contribution is -0.116. The molecular formula is C25H26N2O3S. The molecule has 31 heavy (non-hydrogen) atoms. The average molecular weight is 435 g/mol. The molecule has 0 unspecified atom stereocenters. The third kappa shape index (κ3) is 4.70. The van der Waals surface area contributed by atoms with Crippen molar-refractivity contribution in [3.63, 3.8) is 0 Å². The molecule has 1 aliphatic heterocycles. The number of hydrogen-bond acceptors (Lipinski definition) is 3. The summed E-state index contributed by atoms with van der Waals surface area (Å²) in [6.07, 6.45) is 1.32. The van der Waals surface area contributed by atoms with E-state index in [0.717, 1.165) is 22.4 Å². The van der Waals surface area contributed by atoms with Crippen LogP contribution in [0.1, 0.15) is 36.0 Å². The number of hydrogen-bond donors (Lipinski definition) is 1.